The Labute approximate surface area is 140 Å². The first kappa shape index (κ1) is 16.1. The summed E-state index contributed by atoms with van der Waals surface area (Å²) in [6.45, 7) is 2.30. The van der Waals surface area contributed by atoms with Crippen LogP contribution in [0.5, 0.6) is 5.75 Å². The highest BCUT2D eigenvalue weighted by atomic mass is 35.5. The Kier molecular flexibility index (Phi) is 4.70. The van der Waals surface area contributed by atoms with Gasteiger partial charge in [0.15, 0.2) is 0 Å². The van der Waals surface area contributed by atoms with Crippen molar-refractivity contribution in [2.45, 2.75) is 51.1 Å². The molecule has 2 nitrogen and oxygen atoms in total. The Hall–Kier alpha value is -0.730. The molecule has 122 valence electrons. The summed E-state index contributed by atoms with van der Waals surface area (Å²) in [5.41, 5.74) is 1.35. The fourth-order valence-corrected chi connectivity index (χ4v) is 5.59. The summed E-state index contributed by atoms with van der Waals surface area (Å²) in [4.78, 5) is 0. The second kappa shape index (κ2) is 6.41. The van der Waals surface area contributed by atoms with Crippen LogP contribution in [-0.2, 0) is 0 Å². The zero-order valence-corrected chi connectivity index (χ0v) is 14.4. The van der Waals surface area contributed by atoms with Gasteiger partial charge >= 0.3 is 0 Å². The minimum atomic E-state index is 0. The molecule has 4 rings (SSSR count). The van der Waals surface area contributed by atoms with Crippen LogP contribution < -0.4 is 10.1 Å². The SMILES string of the molecule is COc1cccc(C(C)N[C@@H]2C[C@@H]3C[C@H]2[C@@H]2CCC[C@H]32)c1.Cl. The highest BCUT2D eigenvalue weighted by Gasteiger charge is 2.53. The van der Waals surface area contributed by atoms with Gasteiger partial charge in [-0.05, 0) is 74.0 Å². The van der Waals surface area contributed by atoms with Crippen LogP contribution in [0.2, 0.25) is 0 Å². The molecule has 1 aromatic rings. The monoisotopic (exact) mass is 321 g/mol. The average Bonchev–Trinajstić information content (AvgIpc) is 3.19. The maximum atomic E-state index is 5.35. The van der Waals surface area contributed by atoms with Crippen molar-refractivity contribution < 1.29 is 4.74 Å². The van der Waals surface area contributed by atoms with E-state index < -0.39 is 0 Å². The van der Waals surface area contributed by atoms with E-state index in [4.69, 9.17) is 4.74 Å². The number of rotatable bonds is 4. The summed E-state index contributed by atoms with van der Waals surface area (Å²) in [5.74, 6) is 5.07. The average molecular weight is 322 g/mol. The maximum Gasteiger partial charge on any atom is 0.119 e. The third-order valence-corrected chi connectivity index (χ3v) is 6.49. The molecule has 0 aliphatic heterocycles. The van der Waals surface area contributed by atoms with Gasteiger partial charge in [0.1, 0.15) is 5.75 Å². The lowest BCUT2D eigenvalue weighted by Crippen LogP contribution is -2.40. The van der Waals surface area contributed by atoms with Gasteiger partial charge in [-0.25, -0.2) is 0 Å². The van der Waals surface area contributed by atoms with Crippen molar-refractivity contribution >= 4 is 12.4 Å². The van der Waals surface area contributed by atoms with Crippen molar-refractivity contribution in [1.82, 2.24) is 5.32 Å². The van der Waals surface area contributed by atoms with Crippen molar-refractivity contribution in [2.75, 3.05) is 7.11 Å². The number of methoxy groups -OCH3 is 1. The van der Waals surface area contributed by atoms with Gasteiger partial charge in [-0.3, -0.25) is 0 Å². The molecule has 3 heteroatoms. The second-order valence-corrected chi connectivity index (χ2v) is 7.43. The fourth-order valence-electron chi connectivity index (χ4n) is 5.59. The lowest BCUT2D eigenvalue weighted by Gasteiger charge is -2.34. The third-order valence-electron chi connectivity index (χ3n) is 6.49. The van der Waals surface area contributed by atoms with Gasteiger partial charge in [-0.1, -0.05) is 18.6 Å². The Morgan fingerprint density at radius 3 is 2.77 bits per heavy atom. The molecule has 1 aromatic carbocycles. The standard InChI is InChI=1S/C19H27NO.ClH/c1-12(13-5-3-6-15(9-13)21-2)20-19-11-14-10-18(19)17-8-4-7-16(14)17;/h3,5-6,9,12,14,16-20H,4,7-8,10-11H2,1-2H3;1H/t12?,14-,16+,17+,18-,19+;/m0./s1. The molecular weight excluding hydrogens is 294 g/mol. The predicted molar refractivity (Wildman–Crippen MR) is 92.6 cm³/mol. The van der Waals surface area contributed by atoms with Crippen LogP contribution >= 0.6 is 12.4 Å². The molecular formula is C19H28ClNO. The van der Waals surface area contributed by atoms with Crippen LogP contribution in [0, 0.1) is 23.7 Å². The zero-order valence-electron chi connectivity index (χ0n) is 13.6. The van der Waals surface area contributed by atoms with E-state index in [1.165, 1.54) is 37.7 Å². The van der Waals surface area contributed by atoms with Gasteiger partial charge in [-0.15, -0.1) is 12.4 Å². The normalized spacial score (nSPS) is 36.7. The summed E-state index contributed by atoms with van der Waals surface area (Å²) in [6.07, 6.45) is 7.42. The smallest absolute Gasteiger partial charge is 0.119 e. The molecule has 0 saturated heterocycles. The van der Waals surface area contributed by atoms with Crippen molar-refractivity contribution in [2.24, 2.45) is 23.7 Å². The number of benzene rings is 1. The molecule has 0 aromatic heterocycles. The highest BCUT2D eigenvalue weighted by molar-refractivity contribution is 5.85. The zero-order chi connectivity index (χ0) is 14.4. The van der Waals surface area contributed by atoms with E-state index >= 15 is 0 Å². The molecule has 3 fully saturated rings. The molecule has 22 heavy (non-hydrogen) atoms. The van der Waals surface area contributed by atoms with Gasteiger partial charge in [0, 0.05) is 12.1 Å². The first-order valence-corrected chi connectivity index (χ1v) is 8.66. The summed E-state index contributed by atoms with van der Waals surface area (Å²) in [6, 6.07) is 9.67. The highest BCUT2D eigenvalue weighted by Crippen LogP contribution is 2.58. The molecule has 6 atom stereocenters. The van der Waals surface area contributed by atoms with Crippen LogP contribution in [0.4, 0.5) is 0 Å². The predicted octanol–water partition coefficient (Wildman–Crippen LogP) is 4.59. The summed E-state index contributed by atoms with van der Waals surface area (Å²) >= 11 is 0. The van der Waals surface area contributed by atoms with Gasteiger partial charge in [0.05, 0.1) is 7.11 Å². The lowest BCUT2D eigenvalue weighted by atomic mass is 9.79. The summed E-state index contributed by atoms with van der Waals surface area (Å²) in [7, 11) is 1.74. The first-order chi connectivity index (χ1) is 10.3. The number of hydrogen-bond acceptors (Lipinski definition) is 2. The Morgan fingerprint density at radius 2 is 1.95 bits per heavy atom. The van der Waals surface area contributed by atoms with Gasteiger partial charge < -0.3 is 10.1 Å². The molecule has 3 aliphatic rings. The quantitative estimate of drug-likeness (QED) is 0.875. The topological polar surface area (TPSA) is 21.3 Å². The second-order valence-electron chi connectivity index (χ2n) is 7.43. The molecule has 3 aliphatic carbocycles. The van der Waals surface area contributed by atoms with Crippen LogP contribution in [0.1, 0.15) is 50.6 Å². The lowest BCUT2D eigenvalue weighted by molar-refractivity contribution is 0.200. The van der Waals surface area contributed by atoms with Crippen LogP contribution in [0.15, 0.2) is 24.3 Å². The van der Waals surface area contributed by atoms with E-state index in [1.54, 1.807) is 7.11 Å². The number of fused-ring (bicyclic) bond motifs is 5. The van der Waals surface area contributed by atoms with E-state index in [9.17, 15) is 0 Å². The Balaban J connectivity index is 0.00000144. The number of nitrogens with one attached hydrogen (secondary N) is 1. The molecule has 1 unspecified atom stereocenters. The van der Waals surface area contributed by atoms with Gasteiger partial charge in [-0.2, -0.15) is 0 Å². The molecule has 0 spiro atoms. The fraction of sp³-hybridized carbons (Fsp3) is 0.684. The van der Waals surface area contributed by atoms with E-state index in [0.717, 1.165) is 35.5 Å². The molecule has 2 bridgehead atoms. The van der Waals surface area contributed by atoms with Crippen LogP contribution in [0.25, 0.3) is 0 Å². The van der Waals surface area contributed by atoms with E-state index in [-0.39, 0.29) is 12.4 Å². The molecule has 0 radical (unpaired) electrons. The van der Waals surface area contributed by atoms with Crippen LogP contribution in [0.3, 0.4) is 0 Å². The maximum absolute atomic E-state index is 5.35. The van der Waals surface area contributed by atoms with Crippen molar-refractivity contribution in [3.8, 4) is 5.75 Å². The number of hydrogen-bond donors (Lipinski definition) is 1. The van der Waals surface area contributed by atoms with Crippen molar-refractivity contribution in [1.29, 1.82) is 0 Å². The van der Waals surface area contributed by atoms with Crippen molar-refractivity contribution in [3.63, 3.8) is 0 Å². The third kappa shape index (κ3) is 2.65. The molecule has 0 heterocycles. The molecule has 1 N–H and O–H groups in total. The number of halogens is 1. The van der Waals surface area contributed by atoms with E-state index in [1.807, 2.05) is 6.07 Å². The summed E-state index contributed by atoms with van der Waals surface area (Å²) in [5, 5.41) is 3.93. The van der Waals surface area contributed by atoms with E-state index in [0.29, 0.717) is 6.04 Å². The molecule has 3 saturated carbocycles. The Morgan fingerprint density at radius 1 is 1.14 bits per heavy atom. The minimum absolute atomic E-state index is 0. The first-order valence-electron chi connectivity index (χ1n) is 8.66. The van der Waals surface area contributed by atoms with Crippen LogP contribution in [-0.4, -0.2) is 13.2 Å². The van der Waals surface area contributed by atoms with Crippen molar-refractivity contribution in [3.05, 3.63) is 29.8 Å². The largest absolute Gasteiger partial charge is 0.497 e. The Bertz CT molecular complexity index is 520. The van der Waals surface area contributed by atoms with Gasteiger partial charge in [0.25, 0.3) is 0 Å². The molecule has 0 amide bonds. The summed E-state index contributed by atoms with van der Waals surface area (Å²) < 4.78 is 5.35. The van der Waals surface area contributed by atoms with Gasteiger partial charge in [0.2, 0.25) is 0 Å². The number of ether oxygens (including phenoxy) is 1. The minimum Gasteiger partial charge on any atom is -0.497 e. The van der Waals surface area contributed by atoms with E-state index in [2.05, 4.69) is 30.4 Å².